The first-order valence-corrected chi connectivity index (χ1v) is 8.90. The monoisotopic (exact) mass is 317 g/mol. The van der Waals surface area contributed by atoms with Crippen LogP contribution in [0.1, 0.15) is 18.1 Å². The number of rotatable bonds is 8. The largest absolute Gasteiger partial charge is 0.356 e. The van der Waals surface area contributed by atoms with Gasteiger partial charge in [-0.05, 0) is 23.8 Å². The van der Waals surface area contributed by atoms with Gasteiger partial charge < -0.3 is 5.32 Å². The second-order valence-corrected chi connectivity index (χ2v) is 6.34. The van der Waals surface area contributed by atoms with Crippen molar-refractivity contribution in [2.75, 3.05) is 18.6 Å². The molecule has 0 aliphatic heterocycles. The molecule has 0 saturated heterocycles. The summed E-state index contributed by atoms with van der Waals surface area (Å²) in [7, 11) is 0. The predicted octanol–water partition coefficient (Wildman–Crippen LogP) is 2.59. The van der Waals surface area contributed by atoms with Crippen molar-refractivity contribution in [3.8, 4) is 0 Å². The van der Waals surface area contributed by atoms with Crippen molar-refractivity contribution in [1.82, 2.24) is 15.1 Å². The lowest BCUT2D eigenvalue weighted by atomic mass is 10.2. The fraction of sp³-hybridized carbons (Fsp3) is 0.412. The third kappa shape index (κ3) is 5.22. The van der Waals surface area contributed by atoms with Crippen LogP contribution in [0.3, 0.4) is 0 Å². The Morgan fingerprint density at radius 3 is 2.82 bits per heavy atom. The van der Waals surface area contributed by atoms with Crippen molar-refractivity contribution >= 4 is 17.7 Å². The Morgan fingerprint density at radius 2 is 2.09 bits per heavy atom. The van der Waals surface area contributed by atoms with Gasteiger partial charge in [0.15, 0.2) is 0 Å². The van der Waals surface area contributed by atoms with E-state index >= 15 is 0 Å². The molecule has 1 heterocycles. The summed E-state index contributed by atoms with van der Waals surface area (Å²) in [6.45, 7) is 3.40. The van der Waals surface area contributed by atoms with Gasteiger partial charge in [0.05, 0.1) is 12.7 Å². The van der Waals surface area contributed by atoms with Crippen molar-refractivity contribution in [3.63, 3.8) is 0 Å². The SMILES string of the molecule is CSCC(C)C(=O)NCCc1cnn(Cc2ccccc2)c1. The van der Waals surface area contributed by atoms with E-state index in [0.717, 1.165) is 24.3 Å². The van der Waals surface area contributed by atoms with Crippen LogP contribution in [-0.4, -0.2) is 34.2 Å². The molecular weight excluding hydrogens is 294 g/mol. The average molecular weight is 317 g/mol. The van der Waals surface area contributed by atoms with Crippen LogP contribution in [0.4, 0.5) is 0 Å². The molecule has 2 aromatic rings. The van der Waals surface area contributed by atoms with E-state index in [4.69, 9.17) is 0 Å². The number of amides is 1. The molecule has 1 N–H and O–H groups in total. The highest BCUT2D eigenvalue weighted by Crippen LogP contribution is 2.06. The molecule has 0 bridgehead atoms. The third-order valence-corrected chi connectivity index (χ3v) is 4.28. The summed E-state index contributed by atoms with van der Waals surface area (Å²) in [4.78, 5) is 11.8. The molecule has 0 aliphatic rings. The van der Waals surface area contributed by atoms with Gasteiger partial charge in [-0.25, -0.2) is 0 Å². The van der Waals surface area contributed by atoms with E-state index in [2.05, 4.69) is 22.5 Å². The van der Waals surface area contributed by atoms with Crippen LogP contribution in [0, 0.1) is 5.92 Å². The fourth-order valence-corrected chi connectivity index (χ4v) is 2.87. The van der Waals surface area contributed by atoms with Gasteiger partial charge in [-0.3, -0.25) is 9.48 Å². The topological polar surface area (TPSA) is 46.9 Å². The number of aromatic nitrogens is 2. The predicted molar refractivity (Wildman–Crippen MR) is 92.0 cm³/mol. The highest BCUT2D eigenvalue weighted by Gasteiger charge is 2.11. The summed E-state index contributed by atoms with van der Waals surface area (Å²) in [6, 6.07) is 10.3. The summed E-state index contributed by atoms with van der Waals surface area (Å²) in [5.41, 5.74) is 2.38. The van der Waals surface area contributed by atoms with Gasteiger partial charge in [-0.15, -0.1) is 0 Å². The second kappa shape index (κ2) is 8.63. The molecule has 5 heteroatoms. The Labute approximate surface area is 136 Å². The maximum atomic E-state index is 11.8. The van der Waals surface area contributed by atoms with Crippen molar-refractivity contribution in [3.05, 3.63) is 53.9 Å². The molecule has 22 heavy (non-hydrogen) atoms. The standard InChI is InChI=1S/C17H23N3OS/c1-14(13-22-2)17(21)18-9-8-16-10-19-20(12-16)11-15-6-4-3-5-7-15/h3-7,10,12,14H,8-9,11,13H2,1-2H3,(H,18,21). The Kier molecular flexibility index (Phi) is 6.52. The Morgan fingerprint density at radius 1 is 1.32 bits per heavy atom. The fourth-order valence-electron chi connectivity index (χ4n) is 2.22. The van der Waals surface area contributed by atoms with Crippen molar-refractivity contribution < 1.29 is 4.79 Å². The van der Waals surface area contributed by atoms with Crippen molar-refractivity contribution in [2.45, 2.75) is 19.9 Å². The van der Waals surface area contributed by atoms with Crippen LogP contribution in [0.5, 0.6) is 0 Å². The normalized spacial score (nSPS) is 12.1. The number of hydrogen-bond donors (Lipinski definition) is 1. The molecule has 1 unspecified atom stereocenters. The molecule has 2 rings (SSSR count). The van der Waals surface area contributed by atoms with Crippen molar-refractivity contribution in [2.24, 2.45) is 5.92 Å². The van der Waals surface area contributed by atoms with E-state index in [1.807, 2.05) is 48.5 Å². The summed E-state index contributed by atoms with van der Waals surface area (Å²) < 4.78 is 1.93. The molecule has 1 aromatic carbocycles. The Balaban J connectivity index is 1.77. The lowest BCUT2D eigenvalue weighted by Gasteiger charge is -2.10. The van der Waals surface area contributed by atoms with Gasteiger partial charge >= 0.3 is 0 Å². The lowest BCUT2D eigenvalue weighted by Crippen LogP contribution is -2.31. The Bertz CT molecular complexity index is 583. The molecule has 1 amide bonds. The van der Waals surface area contributed by atoms with Crippen LogP contribution in [-0.2, 0) is 17.8 Å². The number of nitrogens with one attached hydrogen (secondary N) is 1. The molecular formula is C17H23N3OS. The van der Waals surface area contributed by atoms with Gasteiger partial charge in [0, 0.05) is 24.4 Å². The molecule has 1 atom stereocenters. The first-order chi connectivity index (χ1) is 10.7. The summed E-state index contributed by atoms with van der Waals surface area (Å²) in [5.74, 6) is 1.06. The van der Waals surface area contributed by atoms with E-state index in [1.54, 1.807) is 11.8 Å². The zero-order valence-electron chi connectivity index (χ0n) is 13.2. The van der Waals surface area contributed by atoms with Crippen LogP contribution in [0.25, 0.3) is 0 Å². The van der Waals surface area contributed by atoms with E-state index in [-0.39, 0.29) is 11.8 Å². The van der Waals surface area contributed by atoms with Gasteiger partial charge in [-0.2, -0.15) is 16.9 Å². The number of benzene rings is 1. The number of thioether (sulfide) groups is 1. The van der Waals surface area contributed by atoms with Crippen LogP contribution >= 0.6 is 11.8 Å². The minimum Gasteiger partial charge on any atom is -0.356 e. The lowest BCUT2D eigenvalue weighted by molar-refractivity contribution is -0.123. The van der Waals surface area contributed by atoms with E-state index in [9.17, 15) is 4.79 Å². The van der Waals surface area contributed by atoms with Crippen LogP contribution in [0.2, 0.25) is 0 Å². The quantitative estimate of drug-likeness (QED) is 0.814. The molecule has 0 fully saturated rings. The van der Waals surface area contributed by atoms with Gasteiger partial charge in [0.1, 0.15) is 0 Å². The Hall–Kier alpha value is -1.75. The number of carbonyl (C=O) groups excluding carboxylic acids is 1. The summed E-state index contributed by atoms with van der Waals surface area (Å²) >= 11 is 1.70. The van der Waals surface area contributed by atoms with E-state index in [1.165, 1.54) is 5.56 Å². The maximum Gasteiger partial charge on any atom is 0.223 e. The average Bonchev–Trinajstić information content (AvgIpc) is 2.96. The van der Waals surface area contributed by atoms with Crippen LogP contribution < -0.4 is 5.32 Å². The molecule has 1 aromatic heterocycles. The highest BCUT2D eigenvalue weighted by atomic mass is 32.2. The zero-order chi connectivity index (χ0) is 15.8. The molecule has 0 saturated carbocycles. The number of nitrogens with zero attached hydrogens (tertiary/aromatic N) is 2. The highest BCUT2D eigenvalue weighted by molar-refractivity contribution is 7.98. The number of hydrogen-bond acceptors (Lipinski definition) is 3. The smallest absolute Gasteiger partial charge is 0.223 e. The van der Waals surface area contributed by atoms with Crippen LogP contribution in [0.15, 0.2) is 42.7 Å². The van der Waals surface area contributed by atoms with E-state index in [0.29, 0.717) is 6.54 Å². The summed E-state index contributed by atoms with van der Waals surface area (Å²) in [5, 5.41) is 7.36. The van der Waals surface area contributed by atoms with Gasteiger partial charge in [0.25, 0.3) is 0 Å². The third-order valence-electron chi connectivity index (χ3n) is 3.45. The summed E-state index contributed by atoms with van der Waals surface area (Å²) in [6.07, 6.45) is 6.75. The first kappa shape index (κ1) is 16.6. The molecule has 4 nitrogen and oxygen atoms in total. The zero-order valence-corrected chi connectivity index (χ0v) is 14.0. The maximum absolute atomic E-state index is 11.8. The minimum atomic E-state index is 0.0656. The molecule has 118 valence electrons. The second-order valence-electron chi connectivity index (χ2n) is 5.43. The first-order valence-electron chi connectivity index (χ1n) is 7.51. The molecule has 0 aliphatic carbocycles. The van der Waals surface area contributed by atoms with Crippen molar-refractivity contribution in [1.29, 1.82) is 0 Å². The molecule has 0 radical (unpaired) electrons. The molecule has 0 spiro atoms. The van der Waals surface area contributed by atoms with Gasteiger partial charge in [-0.1, -0.05) is 37.3 Å². The number of carbonyl (C=O) groups is 1. The minimum absolute atomic E-state index is 0.0656. The van der Waals surface area contributed by atoms with E-state index < -0.39 is 0 Å². The van der Waals surface area contributed by atoms with Gasteiger partial charge in [0.2, 0.25) is 5.91 Å².